The van der Waals surface area contributed by atoms with Crippen molar-refractivity contribution in [2.45, 2.75) is 38.3 Å². The van der Waals surface area contributed by atoms with Crippen LogP contribution in [0.25, 0.3) is 0 Å². The normalized spacial score (nSPS) is 11.5. The van der Waals surface area contributed by atoms with E-state index < -0.39 is 0 Å². The Bertz CT molecular complexity index is 881. The van der Waals surface area contributed by atoms with E-state index in [1.807, 2.05) is 18.2 Å². The van der Waals surface area contributed by atoms with E-state index in [1.54, 1.807) is 13.3 Å². The first-order valence-electron chi connectivity index (χ1n) is 12.3. The number of hydrogen-bond acceptors (Lipinski definition) is 8. The zero-order chi connectivity index (χ0) is 28.8. The van der Waals surface area contributed by atoms with Crippen LogP contribution in [0.5, 0.6) is 0 Å². The molecule has 10 heteroatoms. The quantitative estimate of drug-likeness (QED) is 0.0699. The molecule has 2 radical (unpaired) electrons. The summed E-state index contributed by atoms with van der Waals surface area (Å²) >= 11 is 6.53. The van der Waals surface area contributed by atoms with E-state index in [2.05, 4.69) is 112 Å². The van der Waals surface area contributed by atoms with Crippen LogP contribution in [0.2, 0.25) is 0 Å². The Kier molecular flexibility index (Phi) is 20.9. The van der Waals surface area contributed by atoms with Crippen molar-refractivity contribution in [3.8, 4) is 0 Å². The van der Waals surface area contributed by atoms with Crippen LogP contribution in [0, 0.1) is 0 Å². The molecule has 1 aromatic rings. The molecule has 1 aromatic carbocycles. The van der Waals surface area contributed by atoms with Crippen LogP contribution in [0.1, 0.15) is 25.3 Å². The summed E-state index contributed by atoms with van der Waals surface area (Å²) in [5.74, 6) is -0.109. The molecule has 8 nitrogen and oxygen atoms in total. The fourth-order valence-corrected chi connectivity index (χ4v) is 3.79. The molecule has 0 bridgehead atoms. The van der Waals surface area contributed by atoms with Crippen LogP contribution in [0.15, 0.2) is 91.4 Å². The molecule has 0 spiro atoms. The summed E-state index contributed by atoms with van der Waals surface area (Å²) in [5.41, 5.74) is 3.70. The standard InChI is InChI=1S/C21H31AsN4OS.C7H14N2O/c1-15(12-19-8-6-5-7-9-19)25-16(2)13-24-21(27)14-23-18(4)20(26-22)11-10-17(3)28;1-4-8-5-7(2)9-6-10-3/h5-9,15,20,23,25-26,28H,2-4,10-14H2,1H3,(H,24,27);4,8-9H,1-2,5-6H2,3H3. The van der Waals surface area contributed by atoms with Gasteiger partial charge in [0.15, 0.2) is 0 Å². The number of thiol groups is 1. The van der Waals surface area contributed by atoms with Gasteiger partial charge in [-0.3, -0.25) is 0 Å². The van der Waals surface area contributed by atoms with Crippen molar-refractivity contribution in [1.29, 1.82) is 0 Å². The maximum absolute atomic E-state index is 12.1. The number of carbonyl (C=O) groups is 1. The van der Waals surface area contributed by atoms with Gasteiger partial charge in [-0.2, -0.15) is 0 Å². The van der Waals surface area contributed by atoms with Gasteiger partial charge in [-0.05, 0) is 11.8 Å². The molecule has 0 aliphatic rings. The zero-order valence-electron chi connectivity index (χ0n) is 22.8. The minimum Gasteiger partial charge on any atom is -0.386 e. The first-order chi connectivity index (χ1) is 18.1. The third-order valence-electron chi connectivity index (χ3n) is 5.03. The smallest absolute Gasteiger partial charge is 0.386 e. The van der Waals surface area contributed by atoms with Gasteiger partial charge in [-0.1, -0.05) is 43.5 Å². The van der Waals surface area contributed by atoms with Gasteiger partial charge < -0.3 is 15.4 Å². The molecule has 38 heavy (non-hydrogen) atoms. The Morgan fingerprint density at radius 1 is 1.05 bits per heavy atom. The fraction of sp³-hybridized carbons (Fsp3) is 0.393. The third kappa shape index (κ3) is 19.5. The molecular weight excluding hydrogens is 559 g/mol. The fourth-order valence-electron chi connectivity index (χ4n) is 3.06. The maximum atomic E-state index is 12.1. The monoisotopic (exact) mass is 604 g/mol. The predicted octanol–water partition coefficient (Wildman–Crippen LogP) is 2.63. The summed E-state index contributed by atoms with van der Waals surface area (Å²) in [7, 11) is 1.63. The van der Waals surface area contributed by atoms with Crippen molar-refractivity contribution >= 4 is 35.6 Å². The topological polar surface area (TPSA) is 98.5 Å². The SMILES string of the molecule is C=C(S)CCC(N[As])C(=C)NCC(=O)NCC(=C)NC(C)Cc1ccccc1.C=CNCC(=C)NCOC. The van der Waals surface area contributed by atoms with Gasteiger partial charge in [0.1, 0.15) is 6.73 Å². The number of ether oxygens (including phenoxy) is 1. The number of nitrogens with one attached hydrogen (secondary N) is 6. The Hall–Kier alpha value is -2.58. The molecule has 0 aromatic heterocycles. The number of carbonyl (C=O) groups excluding carboxylic acids is 1. The molecule has 0 fully saturated rings. The summed E-state index contributed by atoms with van der Waals surface area (Å²) in [6.07, 6.45) is 4.11. The summed E-state index contributed by atoms with van der Waals surface area (Å²) < 4.78 is 7.88. The number of rotatable bonds is 20. The van der Waals surface area contributed by atoms with Crippen molar-refractivity contribution in [2.75, 3.05) is 33.5 Å². The molecule has 0 saturated heterocycles. The van der Waals surface area contributed by atoms with Crippen LogP contribution in [0.3, 0.4) is 0 Å². The summed E-state index contributed by atoms with van der Waals surface area (Å²) in [6.45, 7) is 22.8. The van der Waals surface area contributed by atoms with Crippen molar-refractivity contribution in [2.24, 2.45) is 0 Å². The van der Waals surface area contributed by atoms with E-state index in [4.69, 9.17) is 4.74 Å². The Morgan fingerprint density at radius 3 is 2.32 bits per heavy atom. The molecule has 2 atom stereocenters. The van der Waals surface area contributed by atoms with Crippen molar-refractivity contribution in [3.05, 3.63) is 97.0 Å². The minimum absolute atomic E-state index is 0.0344. The van der Waals surface area contributed by atoms with E-state index in [1.165, 1.54) is 5.56 Å². The van der Waals surface area contributed by atoms with E-state index in [0.29, 0.717) is 19.8 Å². The first kappa shape index (κ1) is 35.4. The van der Waals surface area contributed by atoms with Gasteiger partial charge in [-0.25, -0.2) is 0 Å². The van der Waals surface area contributed by atoms with Gasteiger partial charge in [-0.15, -0.1) is 0 Å². The molecule has 210 valence electrons. The van der Waals surface area contributed by atoms with E-state index in [0.717, 1.165) is 41.3 Å². The van der Waals surface area contributed by atoms with Gasteiger partial charge in [0.25, 0.3) is 0 Å². The molecule has 6 N–H and O–H groups in total. The molecule has 2 unspecified atom stereocenters. The van der Waals surface area contributed by atoms with Crippen LogP contribution in [-0.2, 0) is 16.0 Å². The summed E-state index contributed by atoms with van der Waals surface area (Å²) in [4.78, 5) is 12.9. The molecule has 0 heterocycles. The number of methoxy groups -OCH3 is 1. The van der Waals surface area contributed by atoms with Crippen LogP contribution < -0.4 is 30.8 Å². The van der Waals surface area contributed by atoms with Crippen molar-refractivity contribution in [1.82, 2.24) is 30.8 Å². The third-order valence-corrected chi connectivity index (χ3v) is 5.91. The predicted molar refractivity (Wildman–Crippen MR) is 164 cm³/mol. The molecular formula is C28H45AsN6O2S. The van der Waals surface area contributed by atoms with Gasteiger partial charge in [0.05, 0.1) is 6.54 Å². The van der Waals surface area contributed by atoms with Crippen LogP contribution in [0.4, 0.5) is 0 Å². The van der Waals surface area contributed by atoms with Crippen molar-refractivity contribution < 1.29 is 9.53 Å². The minimum atomic E-state index is -0.109. The van der Waals surface area contributed by atoms with Gasteiger partial charge in [0.2, 0.25) is 0 Å². The second kappa shape index (κ2) is 22.4. The van der Waals surface area contributed by atoms with Gasteiger partial charge in [0, 0.05) is 12.8 Å². The van der Waals surface area contributed by atoms with Gasteiger partial charge >= 0.3 is 148 Å². The van der Waals surface area contributed by atoms with Crippen LogP contribution >= 0.6 is 12.6 Å². The molecule has 1 amide bonds. The average molecular weight is 605 g/mol. The Morgan fingerprint density at radius 2 is 1.74 bits per heavy atom. The molecule has 0 aliphatic carbocycles. The second-order valence-corrected chi connectivity index (χ2v) is 9.75. The number of benzene rings is 1. The van der Waals surface area contributed by atoms with E-state index in [9.17, 15) is 4.79 Å². The molecule has 1 rings (SSSR count). The Balaban J connectivity index is 0.00000115. The summed E-state index contributed by atoms with van der Waals surface area (Å²) in [5, 5.41) is 15.1. The number of hydrogen-bond donors (Lipinski definition) is 7. The van der Waals surface area contributed by atoms with E-state index >= 15 is 0 Å². The Labute approximate surface area is 244 Å². The van der Waals surface area contributed by atoms with Crippen LogP contribution in [-0.4, -0.2) is 68.5 Å². The second-order valence-electron chi connectivity index (χ2n) is 8.58. The van der Waals surface area contributed by atoms with Crippen molar-refractivity contribution in [3.63, 3.8) is 0 Å². The summed E-state index contributed by atoms with van der Waals surface area (Å²) in [6, 6.07) is 10.5. The zero-order valence-corrected chi connectivity index (χ0v) is 25.6. The number of allylic oxidation sites excluding steroid dienone is 1. The van der Waals surface area contributed by atoms with E-state index in [-0.39, 0.29) is 24.5 Å². The molecule has 0 saturated carbocycles. The molecule has 0 aliphatic heterocycles. The number of amides is 1. The average Bonchev–Trinajstić information content (AvgIpc) is 2.89. The first-order valence-corrected chi connectivity index (χ1v) is 13.7.